The number of primary amides is 1. The zero-order valence-corrected chi connectivity index (χ0v) is 12.3. The molecule has 1 aliphatic heterocycles. The molecule has 6 heteroatoms. The van der Waals surface area contributed by atoms with Crippen molar-refractivity contribution in [1.29, 1.82) is 0 Å². The second-order valence-corrected chi connectivity index (χ2v) is 5.46. The monoisotopic (exact) mass is 291 g/mol. The number of nitrogens with zero attached hydrogens (tertiary/aromatic N) is 1. The summed E-state index contributed by atoms with van der Waals surface area (Å²) in [6, 6.07) is 7.36. The van der Waals surface area contributed by atoms with Crippen LogP contribution in [-0.2, 0) is 4.79 Å². The van der Waals surface area contributed by atoms with Crippen LogP contribution in [0.3, 0.4) is 0 Å². The lowest BCUT2D eigenvalue weighted by atomic mass is 10.1. The van der Waals surface area contributed by atoms with E-state index < -0.39 is 5.91 Å². The average Bonchev–Trinajstić information content (AvgIpc) is 2.43. The minimum absolute atomic E-state index is 0.0280. The maximum Gasteiger partial charge on any atom is 0.255 e. The summed E-state index contributed by atoms with van der Waals surface area (Å²) in [5.41, 5.74) is 5.59. The normalized spacial score (nSPS) is 21.9. The van der Waals surface area contributed by atoms with E-state index in [0.29, 0.717) is 24.4 Å². The molecule has 2 atom stereocenters. The van der Waals surface area contributed by atoms with Crippen molar-refractivity contribution >= 4 is 11.8 Å². The molecule has 2 rings (SSSR count). The SMILES string of the molecule is C[C@@H]1CN(C(=O)c2cccc(OCC(N)=O)c2)C[C@H](C)N1. The lowest BCUT2D eigenvalue weighted by Gasteiger charge is -2.36. The second-order valence-electron chi connectivity index (χ2n) is 5.46. The molecule has 21 heavy (non-hydrogen) atoms. The van der Waals surface area contributed by atoms with E-state index in [9.17, 15) is 9.59 Å². The number of carbonyl (C=O) groups is 2. The molecule has 3 N–H and O–H groups in total. The van der Waals surface area contributed by atoms with Gasteiger partial charge >= 0.3 is 0 Å². The molecule has 0 unspecified atom stereocenters. The summed E-state index contributed by atoms with van der Waals surface area (Å²) >= 11 is 0. The van der Waals surface area contributed by atoms with Gasteiger partial charge in [-0.15, -0.1) is 0 Å². The molecule has 1 heterocycles. The first-order chi connectivity index (χ1) is 9.95. The molecule has 6 nitrogen and oxygen atoms in total. The van der Waals surface area contributed by atoms with Crippen LogP contribution in [0.1, 0.15) is 24.2 Å². The summed E-state index contributed by atoms with van der Waals surface area (Å²) < 4.78 is 5.23. The van der Waals surface area contributed by atoms with Crippen LogP contribution >= 0.6 is 0 Å². The lowest BCUT2D eigenvalue weighted by molar-refractivity contribution is -0.119. The Balaban J connectivity index is 2.08. The summed E-state index contributed by atoms with van der Waals surface area (Å²) in [6.45, 7) is 5.27. The fraction of sp³-hybridized carbons (Fsp3) is 0.467. The molecule has 1 aliphatic rings. The van der Waals surface area contributed by atoms with Crippen LogP contribution in [0.25, 0.3) is 0 Å². The van der Waals surface area contributed by atoms with E-state index in [2.05, 4.69) is 19.2 Å². The number of benzene rings is 1. The van der Waals surface area contributed by atoms with Crippen molar-refractivity contribution in [2.24, 2.45) is 5.73 Å². The Morgan fingerprint density at radius 1 is 1.33 bits per heavy atom. The maximum atomic E-state index is 12.5. The first-order valence-electron chi connectivity index (χ1n) is 7.02. The van der Waals surface area contributed by atoms with Crippen LogP contribution < -0.4 is 15.8 Å². The van der Waals surface area contributed by atoms with E-state index in [4.69, 9.17) is 10.5 Å². The zero-order valence-electron chi connectivity index (χ0n) is 12.3. The first kappa shape index (κ1) is 15.3. The topological polar surface area (TPSA) is 84.7 Å². The van der Waals surface area contributed by atoms with Crippen LogP contribution in [0, 0.1) is 0 Å². The Morgan fingerprint density at radius 2 is 2.00 bits per heavy atom. The smallest absolute Gasteiger partial charge is 0.255 e. The van der Waals surface area contributed by atoms with Crippen molar-refractivity contribution in [3.63, 3.8) is 0 Å². The largest absolute Gasteiger partial charge is 0.484 e. The average molecular weight is 291 g/mol. The van der Waals surface area contributed by atoms with Crippen molar-refractivity contribution in [2.75, 3.05) is 19.7 Å². The molecule has 1 aromatic rings. The van der Waals surface area contributed by atoms with Crippen LogP contribution in [-0.4, -0.2) is 48.5 Å². The van der Waals surface area contributed by atoms with Crippen molar-refractivity contribution in [3.8, 4) is 5.75 Å². The predicted octanol–water partition coefficient (Wildman–Crippen LogP) is 0.373. The molecule has 2 amide bonds. The third-order valence-corrected chi connectivity index (χ3v) is 3.31. The van der Waals surface area contributed by atoms with Crippen molar-refractivity contribution in [3.05, 3.63) is 29.8 Å². The quantitative estimate of drug-likeness (QED) is 0.839. The van der Waals surface area contributed by atoms with Crippen molar-refractivity contribution in [1.82, 2.24) is 10.2 Å². The Labute approximate surface area is 124 Å². The van der Waals surface area contributed by atoms with Gasteiger partial charge in [0, 0.05) is 30.7 Å². The molecule has 0 aromatic heterocycles. The minimum atomic E-state index is -0.545. The standard InChI is InChI=1S/C15H21N3O3/c1-10-7-18(8-11(2)17-10)15(20)12-4-3-5-13(6-12)21-9-14(16)19/h3-6,10-11,17H,7-9H2,1-2H3,(H2,16,19)/t10-,11+. The van der Waals surface area contributed by atoms with Crippen LogP contribution in [0.5, 0.6) is 5.75 Å². The highest BCUT2D eigenvalue weighted by Crippen LogP contribution is 2.16. The Hall–Kier alpha value is -2.08. The van der Waals surface area contributed by atoms with Gasteiger partial charge < -0.3 is 20.7 Å². The first-order valence-corrected chi connectivity index (χ1v) is 7.02. The number of carbonyl (C=O) groups excluding carboxylic acids is 2. The highest BCUT2D eigenvalue weighted by atomic mass is 16.5. The molecular weight excluding hydrogens is 270 g/mol. The Bertz CT molecular complexity index is 523. The van der Waals surface area contributed by atoms with Crippen LogP contribution in [0.2, 0.25) is 0 Å². The van der Waals surface area contributed by atoms with Gasteiger partial charge in [0.1, 0.15) is 5.75 Å². The molecule has 0 spiro atoms. The maximum absolute atomic E-state index is 12.5. The number of ether oxygens (including phenoxy) is 1. The highest BCUT2D eigenvalue weighted by Gasteiger charge is 2.25. The van der Waals surface area contributed by atoms with Gasteiger partial charge in [-0.25, -0.2) is 0 Å². The Kier molecular flexibility index (Phi) is 4.80. The van der Waals surface area contributed by atoms with E-state index in [1.165, 1.54) is 0 Å². The van der Waals surface area contributed by atoms with Crippen LogP contribution in [0.15, 0.2) is 24.3 Å². The van der Waals surface area contributed by atoms with Crippen LogP contribution in [0.4, 0.5) is 0 Å². The summed E-state index contributed by atoms with van der Waals surface area (Å²) in [5, 5.41) is 3.39. The third kappa shape index (κ3) is 4.19. The fourth-order valence-electron chi connectivity index (χ4n) is 2.55. The predicted molar refractivity (Wildman–Crippen MR) is 79.1 cm³/mol. The molecule has 114 valence electrons. The van der Waals surface area contributed by atoms with Gasteiger partial charge in [-0.1, -0.05) is 6.07 Å². The van der Waals surface area contributed by atoms with E-state index in [1.807, 2.05) is 4.90 Å². The van der Waals surface area contributed by atoms with E-state index >= 15 is 0 Å². The lowest BCUT2D eigenvalue weighted by Crippen LogP contribution is -2.55. The summed E-state index contributed by atoms with van der Waals surface area (Å²) in [6.07, 6.45) is 0. The molecule has 1 fully saturated rings. The molecule has 1 aromatic carbocycles. The molecule has 0 aliphatic carbocycles. The summed E-state index contributed by atoms with van der Waals surface area (Å²) in [7, 11) is 0. The molecule has 0 saturated carbocycles. The molecule has 0 radical (unpaired) electrons. The van der Waals surface area contributed by atoms with Crippen molar-refractivity contribution < 1.29 is 14.3 Å². The van der Waals surface area contributed by atoms with Gasteiger partial charge in [0.05, 0.1) is 0 Å². The van der Waals surface area contributed by atoms with Gasteiger partial charge in [-0.2, -0.15) is 0 Å². The Morgan fingerprint density at radius 3 is 2.62 bits per heavy atom. The molecule has 0 bridgehead atoms. The van der Waals surface area contributed by atoms with E-state index in [0.717, 1.165) is 0 Å². The number of nitrogens with one attached hydrogen (secondary N) is 1. The van der Waals surface area contributed by atoms with Gasteiger partial charge in [-0.3, -0.25) is 9.59 Å². The molecule has 1 saturated heterocycles. The van der Waals surface area contributed by atoms with E-state index in [1.54, 1.807) is 24.3 Å². The zero-order chi connectivity index (χ0) is 15.4. The van der Waals surface area contributed by atoms with Crippen molar-refractivity contribution in [2.45, 2.75) is 25.9 Å². The molecular formula is C15H21N3O3. The van der Waals surface area contributed by atoms with Gasteiger partial charge in [0.15, 0.2) is 6.61 Å². The second kappa shape index (κ2) is 6.58. The van der Waals surface area contributed by atoms with E-state index in [-0.39, 0.29) is 24.6 Å². The number of hydrogen-bond donors (Lipinski definition) is 2. The number of amides is 2. The summed E-state index contributed by atoms with van der Waals surface area (Å²) in [5.74, 6) is -0.105. The third-order valence-electron chi connectivity index (χ3n) is 3.31. The van der Waals surface area contributed by atoms with Gasteiger partial charge in [0.2, 0.25) is 0 Å². The fourth-order valence-corrected chi connectivity index (χ4v) is 2.55. The minimum Gasteiger partial charge on any atom is -0.484 e. The number of nitrogens with two attached hydrogens (primary N) is 1. The number of hydrogen-bond acceptors (Lipinski definition) is 4. The van der Waals surface area contributed by atoms with Gasteiger partial charge in [-0.05, 0) is 32.0 Å². The highest BCUT2D eigenvalue weighted by molar-refractivity contribution is 5.94. The van der Waals surface area contributed by atoms with Gasteiger partial charge in [0.25, 0.3) is 11.8 Å². The summed E-state index contributed by atoms with van der Waals surface area (Å²) in [4.78, 5) is 25.1. The number of piperazine rings is 1. The number of rotatable bonds is 4.